The number of piperidine rings is 1. The summed E-state index contributed by atoms with van der Waals surface area (Å²) in [7, 11) is 0. The topological polar surface area (TPSA) is 80.1 Å². The quantitative estimate of drug-likeness (QED) is 0.851. The maximum absolute atomic E-state index is 13.1. The van der Waals surface area contributed by atoms with Crippen LogP contribution in [0.4, 0.5) is 4.79 Å². The molecule has 0 aromatic carbocycles. The largest absolute Gasteiger partial charge is 0.335 e. The maximum Gasteiger partial charge on any atom is 0.317 e. The van der Waals surface area contributed by atoms with Crippen LogP contribution in [0.15, 0.2) is 35.6 Å². The molecule has 5 rings (SSSR count). The number of amides is 2. The van der Waals surface area contributed by atoms with Crippen molar-refractivity contribution in [2.75, 3.05) is 13.1 Å². The number of nitrogens with one attached hydrogen (secondary N) is 1. The Morgan fingerprint density at radius 1 is 1.03 bits per heavy atom. The predicted molar refractivity (Wildman–Crippen MR) is 110 cm³/mol. The number of nitrogens with zero attached hydrogens (tertiary/aromatic N) is 4. The van der Waals surface area contributed by atoms with Crippen molar-refractivity contribution in [3.63, 3.8) is 0 Å². The third-order valence-corrected chi connectivity index (χ3v) is 6.70. The molecule has 2 aliphatic heterocycles. The van der Waals surface area contributed by atoms with Crippen LogP contribution >= 0.6 is 0 Å². The van der Waals surface area contributed by atoms with Gasteiger partial charge in [-0.2, -0.15) is 0 Å². The summed E-state index contributed by atoms with van der Waals surface area (Å²) in [6.07, 6.45) is 11.8. The zero-order valence-electron chi connectivity index (χ0n) is 16.6. The minimum absolute atomic E-state index is 0.0205. The third-order valence-electron chi connectivity index (χ3n) is 6.70. The van der Waals surface area contributed by atoms with Gasteiger partial charge in [0, 0.05) is 55.2 Å². The van der Waals surface area contributed by atoms with Crippen LogP contribution < -0.4 is 10.9 Å². The lowest BCUT2D eigenvalue weighted by Crippen LogP contribution is -2.53. The lowest BCUT2D eigenvalue weighted by atomic mass is 9.83. The molecule has 1 saturated carbocycles. The van der Waals surface area contributed by atoms with Crippen LogP contribution in [0.3, 0.4) is 0 Å². The van der Waals surface area contributed by atoms with Gasteiger partial charge in [-0.25, -0.2) is 14.8 Å². The summed E-state index contributed by atoms with van der Waals surface area (Å²) in [5, 5.41) is 3.25. The van der Waals surface area contributed by atoms with Gasteiger partial charge in [-0.05, 0) is 37.3 Å². The summed E-state index contributed by atoms with van der Waals surface area (Å²) in [6.45, 7) is 2.07. The molecule has 0 radical (unpaired) electrons. The zero-order chi connectivity index (χ0) is 19.8. The molecule has 0 unspecified atom stereocenters. The molecule has 2 aromatic rings. The summed E-state index contributed by atoms with van der Waals surface area (Å²) >= 11 is 0. The molecule has 152 valence electrons. The average Bonchev–Trinajstić information content (AvgIpc) is 2.76. The average molecular weight is 393 g/mol. The predicted octanol–water partition coefficient (Wildman–Crippen LogP) is 2.77. The number of urea groups is 1. The van der Waals surface area contributed by atoms with E-state index in [0.29, 0.717) is 30.6 Å². The molecule has 3 aliphatic rings. The Hall–Kier alpha value is -2.70. The Balaban J connectivity index is 1.36. The number of hydrogen-bond acceptors (Lipinski definition) is 4. The zero-order valence-corrected chi connectivity index (χ0v) is 16.6. The SMILES string of the molecule is O=C(NC1CCCCC1)N1C[C@@H]2C[C@H](C1)c1ccc(-c3cncnc3)c(=O)n1C2. The van der Waals surface area contributed by atoms with E-state index in [1.54, 1.807) is 12.4 Å². The lowest BCUT2D eigenvalue weighted by molar-refractivity contribution is 0.127. The van der Waals surface area contributed by atoms with Crippen molar-refractivity contribution in [3.05, 3.63) is 46.9 Å². The number of carbonyl (C=O) groups is 1. The molecule has 2 atom stereocenters. The fourth-order valence-corrected chi connectivity index (χ4v) is 5.28. The van der Waals surface area contributed by atoms with Gasteiger partial charge in [0.2, 0.25) is 0 Å². The molecule has 7 heteroatoms. The number of hydrogen-bond donors (Lipinski definition) is 1. The number of pyridine rings is 1. The number of fused-ring (bicyclic) bond motifs is 4. The van der Waals surface area contributed by atoms with Gasteiger partial charge in [0.25, 0.3) is 5.56 Å². The molecule has 29 heavy (non-hydrogen) atoms. The molecule has 2 amide bonds. The van der Waals surface area contributed by atoms with E-state index in [1.807, 2.05) is 21.6 Å². The van der Waals surface area contributed by atoms with Crippen LogP contribution in [-0.4, -0.2) is 44.6 Å². The Kier molecular flexibility index (Phi) is 4.81. The molecule has 1 aliphatic carbocycles. The highest BCUT2D eigenvalue weighted by molar-refractivity contribution is 5.75. The van der Waals surface area contributed by atoms with Crippen molar-refractivity contribution in [1.29, 1.82) is 0 Å². The van der Waals surface area contributed by atoms with E-state index < -0.39 is 0 Å². The van der Waals surface area contributed by atoms with Gasteiger partial charge in [0.15, 0.2) is 0 Å². The smallest absolute Gasteiger partial charge is 0.317 e. The van der Waals surface area contributed by atoms with Crippen molar-refractivity contribution >= 4 is 6.03 Å². The minimum Gasteiger partial charge on any atom is -0.335 e. The molecular weight excluding hydrogens is 366 g/mol. The van der Waals surface area contributed by atoms with Gasteiger partial charge in [-0.15, -0.1) is 0 Å². The number of carbonyl (C=O) groups excluding carboxylic acids is 1. The van der Waals surface area contributed by atoms with Crippen LogP contribution in [0, 0.1) is 5.92 Å². The van der Waals surface area contributed by atoms with Crippen LogP contribution in [0.1, 0.15) is 50.1 Å². The number of rotatable bonds is 2. The molecule has 2 aromatic heterocycles. The molecule has 7 nitrogen and oxygen atoms in total. The van der Waals surface area contributed by atoms with Gasteiger partial charge in [-0.3, -0.25) is 4.79 Å². The van der Waals surface area contributed by atoms with E-state index in [0.717, 1.165) is 37.1 Å². The third kappa shape index (κ3) is 3.54. The first-order chi connectivity index (χ1) is 14.2. The molecule has 1 N–H and O–H groups in total. The van der Waals surface area contributed by atoms with Gasteiger partial charge < -0.3 is 14.8 Å². The summed E-state index contributed by atoms with van der Waals surface area (Å²) in [6, 6.07) is 4.32. The van der Waals surface area contributed by atoms with Gasteiger partial charge in [0.1, 0.15) is 6.33 Å². The monoisotopic (exact) mass is 393 g/mol. The first-order valence-corrected chi connectivity index (χ1v) is 10.7. The van der Waals surface area contributed by atoms with E-state index in [4.69, 9.17) is 0 Å². The molecule has 4 heterocycles. The first-order valence-electron chi connectivity index (χ1n) is 10.7. The summed E-state index contributed by atoms with van der Waals surface area (Å²) < 4.78 is 1.91. The van der Waals surface area contributed by atoms with Crippen LogP contribution in [0.25, 0.3) is 11.1 Å². The lowest BCUT2D eigenvalue weighted by Gasteiger charge is -2.43. The molecular formula is C22H27N5O2. The van der Waals surface area contributed by atoms with E-state index in [1.165, 1.54) is 25.6 Å². The summed E-state index contributed by atoms with van der Waals surface area (Å²) in [4.78, 5) is 36.0. The second-order valence-electron chi connectivity index (χ2n) is 8.70. The van der Waals surface area contributed by atoms with Crippen molar-refractivity contribution in [2.24, 2.45) is 5.92 Å². The summed E-state index contributed by atoms with van der Waals surface area (Å²) in [5.41, 5.74) is 2.45. The highest BCUT2D eigenvalue weighted by atomic mass is 16.2. The highest BCUT2D eigenvalue weighted by Crippen LogP contribution is 2.35. The van der Waals surface area contributed by atoms with E-state index in [9.17, 15) is 9.59 Å². The van der Waals surface area contributed by atoms with Gasteiger partial charge >= 0.3 is 6.03 Å². The fraction of sp³-hybridized carbons (Fsp3) is 0.545. The van der Waals surface area contributed by atoms with Crippen LogP contribution in [0.5, 0.6) is 0 Å². The highest BCUT2D eigenvalue weighted by Gasteiger charge is 2.37. The minimum atomic E-state index is 0.0205. The van der Waals surface area contributed by atoms with E-state index >= 15 is 0 Å². The summed E-state index contributed by atoms with van der Waals surface area (Å²) in [5.74, 6) is 0.534. The van der Waals surface area contributed by atoms with Gasteiger partial charge in [-0.1, -0.05) is 19.3 Å². The van der Waals surface area contributed by atoms with Crippen molar-refractivity contribution in [2.45, 2.75) is 57.0 Å². The molecule has 2 bridgehead atoms. The number of aromatic nitrogens is 3. The van der Waals surface area contributed by atoms with E-state index in [-0.39, 0.29) is 17.5 Å². The maximum atomic E-state index is 13.1. The molecule has 1 saturated heterocycles. The Morgan fingerprint density at radius 3 is 2.62 bits per heavy atom. The van der Waals surface area contributed by atoms with Gasteiger partial charge in [0.05, 0.1) is 5.56 Å². The molecule has 0 spiro atoms. The second-order valence-corrected chi connectivity index (χ2v) is 8.70. The normalized spacial score (nSPS) is 24.1. The van der Waals surface area contributed by atoms with Crippen molar-refractivity contribution < 1.29 is 4.79 Å². The van der Waals surface area contributed by atoms with E-state index in [2.05, 4.69) is 15.3 Å². The van der Waals surface area contributed by atoms with Crippen molar-refractivity contribution in [1.82, 2.24) is 24.8 Å². The van der Waals surface area contributed by atoms with Crippen molar-refractivity contribution in [3.8, 4) is 11.1 Å². The van der Waals surface area contributed by atoms with Crippen LogP contribution in [0.2, 0.25) is 0 Å². The fourth-order valence-electron chi connectivity index (χ4n) is 5.28. The molecule has 2 fully saturated rings. The second kappa shape index (κ2) is 7.61. The Morgan fingerprint density at radius 2 is 1.83 bits per heavy atom. The number of likely N-dealkylation sites (tertiary alicyclic amines) is 1. The Labute approximate surface area is 170 Å². The standard InChI is InChI=1S/C22H27N5O2/c28-21-19(17-9-23-14-24-10-17)6-7-20-16-8-15(12-27(20)21)11-26(13-16)22(29)25-18-4-2-1-3-5-18/h6-7,9-10,14-16,18H,1-5,8,11-13H2,(H,25,29)/t15-,16+/m0/s1. The van der Waals surface area contributed by atoms with Crippen LogP contribution in [-0.2, 0) is 6.54 Å². The Bertz CT molecular complexity index is 951. The first kappa shape index (κ1) is 18.3.